The van der Waals surface area contributed by atoms with Gasteiger partial charge in [0, 0.05) is 44.4 Å². The van der Waals surface area contributed by atoms with Crippen LogP contribution in [0.5, 0.6) is 11.6 Å². The van der Waals surface area contributed by atoms with Crippen LogP contribution in [0.3, 0.4) is 0 Å². The van der Waals surface area contributed by atoms with Crippen LogP contribution in [0.4, 0.5) is 5.69 Å². The van der Waals surface area contributed by atoms with Crippen molar-refractivity contribution in [3.05, 3.63) is 59.2 Å². The van der Waals surface area contributed by atoms with E-state index in [-0.39, 0.29) is 35.1 Å². The van der Waals surface area contributed by atoms with E-state index < -0.39 is 62.1 Å². The molecule has 4 N–H and O–H groups in total. The molecule has 2 aromatic carbocycles. The van der Waals surface area contributed by atoms with Crippen LogP contribution in [0.15, 0.2) is 48.7 Å². The van der Waals surface area contributed by atoms with Crippen LogP contribution < -0.4 is 30.1 Å². The van der Waals surface area contributed by atoms with Gasteiger partial charge in [0.2, 0.25) is 27.7 Å². The maximum absolute atomic E-state index is 14.7. The van der Waals surface area contributed by atoms with Gasteiger partial charge in [-0.05, 0) is 61.1 Å². The quantitative estimate of drug-likeness (QED) is 0.154. The molecule has 53 heavy (non-hydrogen) atoms. The molecule has 2 aliphatic carbocycles. The van der Waals surface area contributed by atoms with Crippen LogP contribution in [0.2, 0.25) is 5.02 Å². The summed E-state index contributed by atoms with van der Waals surface area (Å²) in [4.78, 5) is 60.7. The van der Waals surface area contributed by atoms with Crippen molar-refractivity contribution in [1.82, 2.24) is 25.2 Å². The Balaban J connectivity index is 1.31. The average Bonchev–Trinajstić information content (AvgIpc) is 4.03. The number of nitrogens with zero attached hydrogens (tertiary/aromatic N) is 2. The molecule has 3 aromatic rings. The first kappa shape index (κ1) is 38.8. The first-order valence-corrected chi connectivity index (χ1v) is 20.3. The van der Waals surface area contributed by atoms with Gasteiger partial charge in [0.1, 0.15) is 29.5 Å². The number of nitrogens with one attached hydrogen (secondary N) is 4. The van der Waals surface area contributed by atoms with E-state index in [2.05, 4.69) is 25.7 Å². The van der Waals surface area contributed by atoms with Crippen molar-refractivity contribution in [2.45, 2.75) is 79.4 Å². The van der Waals surface area contributed by atoms with Gasteiger partial charge in [0.05, 0.1) is 25.1 Å². The molecule has 0 radical (unpaired) electrons. The lowest BCUT2D eigenvalue weighted by Gasteiger charge is -2.36. The van der Waals surface area contributed by atoms with Gasteiger partial charge in [-0.3, -0.25) is 23.9 Å². The minimum atomic E-state index is -3.87. The molecule has 0 spiro atoms. The van der Waals surface area contributed by atoms with Crippen molar-refractivity contribution in [3.63, 3.8) is 0 Å². The number of carbonyl (C=O) groups excluding carboxylic acids is 4. The standard InChI is InChI=1S/C36H42ClIN6O8S/c1-35(2,3)29(41-21-8-6-7-19(13-21)30(45)39-4)33(47)44-18-22(52-32-25-14-20(37)9-12-24(25)27(51-5)17-40-32)15-26(44)31(46)42-36(16-28(36)38)34(48)43-53(49,50)23-10-11-23/h6-9,12-14,17,22-23,26,28-29,41H,10-11,15-16,18H2,1-5H3,(H,39,45)(H,42,46)(H,43,48)/t22-,26+,28-,29?,36-/m1/s1. The lowest BCUT2D eigenvalue weighted by molar-refractivity contribution is -0.141. The fourth-order valence-corrected chi connectivity index (χ4v) is 9.13. The molecule has 4 amide bonds. The van der Waals surface area contributed by atoms with Gasteiger partial charge in [-0.2, -0.15) is 0 Å². The molecular weight excluding hydrogens is 839 g/mol. The highest BCUT2D eigenvalue weighted by Gasteiger charge is 2.62. The molecule has 3 aliphatic rings. The lowest BCUT2D eigenvalue weighted by Crippen LogP contribution is -2.58. The zero-order valence-electron chi connectivity index (χ0n) is 29.9. The van der Waals surface area contributed by atoms with Crippen molar-refractivity contribution >= 4 is 84.3 Å². The number of aromatic nitrogens is 1. The maximum Gasteiger partial charge on any atom is 0.260 e. The van der Waals surface area contributed by atoms with Crippen LogP contribution >= 0.6 is 34.2 Å². The molecule has 284 valence electrons. The van der Waals surface area contributed by atoms with E-state index in [1.165, 1.54) is 25.3 Å². The third-order valence-corrected chi connectivity index (χ3v) is 13.3. The number of rotatable bonds is 12. The van der Waals surface area contributed by atoms with Gasteiger partial charge in [-0.25, -0.2) is 13.4 Å². The minimum Gasteiger partial charge on any atom is -0.494 e. The number of sulfonamides is 1. The van der Waals surface area contributed by atoms with Crippen LogP contribution in [0.25, 0.3) is 10.8 Å². The summed E-state index contributed by atoms with van der Waals surface area (Å²) < 4.78 is 39.1. The van der Waals surface area contributed by atoms with E-state index in [1.54, 1.807) is 42.5 Å². The van der Waals surface area contributed by atoms with E-state index in [1.807, 2.05) is 43.4 Å². The molecule has 14 nitrogen and oxygen atoms in total. The van der Waals surface area contributed by atoms with E-state index >= 15 is 0 Å². The zero-order chi connectivity index (χ0) is 38.5. The molecule has 2 saturated carbocycles. The summed E-state index contributed by atoms with van der Waals surface area (Å²) in [5, 5.41) is 9.82. The smallest absolute Gasteiger partial charge is 0.260 e. The monoisotopic (exact) mass is 880 g/mol. The molecule has 1 saturated heterocycles. The summed E-state index contributed by atoms with van der Waals surface area (Å²) in [5.74, 6) is -1.38. The summed E-state index contributed by atoms with van der Waals surface area (Å²) in [5.41, 5.74) is -1.22. The SMILES string of the molecule is CNC(=O)c1cccc(NC(C(=O)N2C[C@H](Oc3ncc(OC)c4ccc(Cl)cc34)C[C@H]2C(=O)N[C@]2(C(=O)NS(=O)(=O)C3CC3)C[C@H]2I)C(C)(C)C)c1. The summed E-state index contributed by atoms with van der Waals surface area (Å²) in [7, 11) is -0.811. The van der Waals surface area contributed by atoms with Crippen molar-refractivity contribution in [3.8, 4) is 11.6 Å². The number of pyridine rings is 1. The summed E-state index contributed by atoms with van der Waals surface area (Å²) in [6.45, 7) is 5.63. The number of hydrogen-bond acceptors (Lipinski definition) is 10. The number of methoxy groups -OCH3 is 1. The molecule has 5 atom stereocenters. The Labute approximate surface area is 326 Å². The number of carbonyl (C=O) groups is 4. The molecule has 0 bridgehead atoms. The first-order valence-electron chi connectivity index (χ1n) is 17.2. The molecule has 17 heteroatoms. The van der Waals surface area contributed by atoms with Crippen molar-refractivity contribution in [1.29, 1.82) is 0 Å². The Morgan fingerprint density at radius 2 is 1.81 bits per heavy atom. The number of hydrogen-bond donors (Lipinski definition) is 4. The molecule has 6 rings (SSSR count). The Kier molecular flexibility index (Phi) is 10.8. The molecular formula is C36H42ClIN6O8S. The topological polar surface area (TPSA) is 185 Å². The fraction of sp³-hybridized carbons (Fsp3) is 0.472. The molecule has 1 unspecified atom stereocenters. The van der Waals surface area contributed by atoms with Gasteiger partial charge < -0.3 is 30.3 Å². The Morgan fingerprint density at radius 3 is 2.43 bits per heavy atom. The highest BCUT2D eigenvalue weighted by molar-refractivity contribution is 14.1. The number of amides is 4. The van der Waals surface area contributed by atoms with E-state index in [0.29, 0.717) is 45.6 Å². The molecule has 2 heterocycles. The van der Waals surface area contributed by atoms with E-state index in [9.17, 15) is 27.6 Å². The molecule has 1 aromatic heterocycles. The average molecular weight is 881 g/mol. The fourth-order valence-electron chi connectivity index (χ4n) is 6.46. The zero-order valence-corrected chi connectivity index (χ0v) is 33.6. The normalized spacial score (nSPS) is 23.2. The van der Waals surface area contributed by atoms with Gasteiger partial charge in [-0.1, -0.05) is 61.0 Å². The maximum atomic E-state index is 14.7. The summed E-state index contributed by atoms with van der Waals surface area (Å²) in [6.07, 6.45) is 2.01. The van der Waals surface area contributed by atoms with Crippen LogP contribution in [-0.2, 0) is 24.4 Å². The van der Waals surface area contributed by atoms with Gasteiger partial charge in [0.25, 0.3) is 11.8 Å². The number of ether oxygens (including phenoxy) is 2. The second kappa shape index (κ2) is 14.7. The van der Waals surface area contributed by atoms with Crippen molar-refractivity contribution in [2.75, 3.05) is 26.0 Å². The highest BCUT2D eigenvalue weighted by Crippen LogP contribution is 2.45. The molecule has 1 aliphatic heterocycles. The lowest BCUT2D eigenvalue weighted by atomic mass is 9.85. The second-order valence-electron chi connectivity index (χ2n) is 14.7. The first-order chi connectivity index (χ1) is 25.0. The third kappa shape index (κ3) is 8.13. The Morgan fingerprint density at radius 1 is 1.09 bits per heavy atom. The number of fused-ring (bicyclic) bond motifs is 1. The van der Waals surface area contributed by atoms with Gasteiger partial charge >= 0.3 is 0 Å². The number of alkyl halides is 1. The predicted octanol–water partition coefficient (Wildman–Crippen LogP) is 3.80. The second-order valence-corrected chi connectivity index (χ2v) is 18.6. The number of likely N-dealkylation sites (tertiary alicyclic amines) is 1. The summed E-state index contributed by atoms with van der Waals surface area (Å²) in [6, 6.07) is 9.97. The van der Waals surface area contributed by atoms with Crippen LogP contribution in [-0.4, -0.2) is 95.5 Å². The third-order valence-electron chi connectivity index (χ3n) is 9.72. The molecule has 3 fully saturated rings. The predicted molar refractivity (Wildman–Crippen MR) is 208 cm³/mol. The largest absolute Gasteiger partial charge is 0.494 e. The minimum absolute atomic E-state index is 0.0118. The number of anilines is 1. The van der Waals surface area contributed by atoms with Gasteiger partial charge in [-0.15, -0.1) is 0 Å². The van der Waals surface area contributed by atoms with Crippen LogP contribution in [0, 0.1) is 5.41 Å². The van der Waals surface area contributed by atoms with Crippen molar-refractivity contribution < 1.29 is 37.1 Å². The van der Waals surface area contributed by atoms with Crippen LogP contribution in [0.1, 0.15) is 56.8 Å². The Hall–Kier alpha value is -3.90. The van der Waals surface area contributed by atoms with E-state index in [4.69, 9.17) is 21.1 Å². The number of benzene rings is 2. The number of halogens is 2. The van der Waals surface area contributed by atoms with Gasteiger partial charge in [0.15, 0.2) is 0 Å². The van der Waals surface area contributed by atoms with E-state index in [0.717, 1.165) is 0 Å². The van der Waals surface area contributed by atoms with Crippen molar-refractivity contribution in [2.24, 2.45) is 5.41 Å². The summed E-state index contributed by atoms with van der Waals surface area (Å²) >= 11 is 8.37. The Bertz CT molecular complexity index is 2080. The highest BCUT2D eigenvalue weighted by atomic mass is 127.